The molecule has 19 heavy (non-hydrogen) atoms. The van der Waals surface area contributed by atoms with E-state index in [2.05, 4.69) is 5.32 Å². The van der Waals surface area contributed by atoms with Crippen molar-refractivity contribution in [3.05, 3.63) is 30.1 Å². The number of carbonyl (C=O) groups excluding carboxylic acids is 1. The monoisotopic (exact) mass is 266 g/mol. The summed E-state index contributed by atoms with van der Waals surface area (Å²) in [6, 6.07) is 6.07. The van der Waals surface area contributed by atoms with Crippen molar-refractivity contribution in [2.75, 3.05) is 25.0 Å². The lowest BCUT2D eigenvalue weighted by Crippen LogP contribution is -2.62. The van der Waals surface area contributed by atoms with Crippen LogP contribution in [0.1, 0.15) is 19.8 Å². The Bertz CT molecular complexity index is 459. The number of hydrogen-bond donors (Lipinski definition) is 2. The number of nitrogens with zero attached hydrogens (tertiary/aromatic N) is 1. The van der Waals surface area contributed by atoms with Crippen molar-refractivity contribution in [3.63, 3.8) is 0 Å². The molecular weight excluding hydrogens is 247 g/mol. The van der Waals surface area contributed by atoms with Crippen LogP contribution in [0.15, 0.2) is 24.3 Å². The quantitative estimate of drug-likeness (QED) is 0.851. The van der Waals surface area contributed by atoms with Crippen LogP contribution < -0.4 is 5.32 Å². The van der Waals surface area contributed by atoms with Crippen LogP contribution in [0.2, 0.25) is 0 Å². The summed E-state index contributed by atoms with van der Waals surface area (Å²) in [5, 5.41) is 12.5. The molecule has 4 nitrogen and oxygen atoms in total. The standard InChI is InChI=1S/C14H19FN2O2/c1-2-7-14(19)9-17(10-14)8-13(18)16-12-6-4-3-5-11(12)15/h3-6,19H,2,7-10H2,1H3,(H,16,18). The van der Waals surface area contributed by atoms with E-state index in [-0.39, 0.29) is 18.1 Å². The molecule has 0 bridgehead atoms. The van der Waals surface area contributed by atoms with Gasteiger partial charge in [0.05, 0.1) is 17.8 Å². The third-order valence-electron chi connectivity index (χ3n) is 3.27. The number of likely N-dealkylation sites (tertiary alicyclic amines) is 1. The minimum Gasteiger partial charge on any atom is -0.387 e. The van der Waals surface area contributed by atoms with E-state index >= 15 is 0 Å². The molecule has 0 unspecified atom stereocenters. The number of amides is 1. The van der Waals surface area contributed by atoms with Gasteiger partial charge in [-0.2, -0.15) is 0 Å². The number of β-amino-alcohol motifs (C(OH)–C–C–N with tert-alkyl or cyclic N) is 1. The molecule has 0 aliphatic carbocycles. The number of rotatable bonds is 5. The predicted molar refractivity (Wildman–Crippen MR) is 71.3 cm³/mol. The molecule has 0 saturated carbocycles. The van der Waals surface area contributed by atoms with Crippen LogP contribution >= 0.6 is 0 Å². The van der Waals surface area contributed by atoms with E-state index in [1.54, 1.807) is 12.1 Å². The van der Waals surface area contributed by atoms with Gasteiger partial charge >= 0.3 is 0 Å². The van der Waals surface area contributed by atoms with Gasteiger partial charge in [-0.15, -0.1) is 0 Å². The second kappa shape index (κ2) is 5.67. The fraction of sp³-hybridized carbons (Fsp3) is 0.500. The first kappa shape index (κ1) is 14.0. The molecule has 1 amide bonds. The lowest BCUT2D eigenvalue weighted by Gasteiger charge is -2.46. The molecule has 1 aromatic carbocycles. The Hall–Kier alpha value is -1.46. The first-order valence-electron chi connectivity index (χ1n) is 6.51. The SMILES string of the molecule is CCCC1(O)CN(CC(=O)Nc2ccccc2F)C1. The number of carbonyl (C=O) groups is 1. The second-order valence-corrected chi connectivity index (χ2v) is 5.15. The Labute approximate surface area is 112 Å². The molecular formula is C14H19FN2O2. The van der Waals surface area contributed by atoms with Gasteiger partial charge in [-0.25, -0.2) is 4.39 Å². The molecule has 0 atom stereocenters. The molecule has 1 saturated heterocycles. The zero-order valence-electron chi connectivity index (χ0n) is 11.0. The van der Waals surface area contributed by atoms with E-state index < -0.39 is 11.4 Å². The summed E-state index contributed by atoms with van der Waals surface area (Å²) < 4.78 is 13.3. The molecule has 0 spiro atoms. The van der Waals surface area contributed by atoms with Crippen molar-refractivity contribution in [2.24, 2.45) is 0 Å². The topological polar surface area (TPSA) is 52.6 Å². The number of benzene rings is 1. The molecule has 1 heterocycles. The fourth-order valence-electron chi connectivity index (χ4n) is 2.48. The van der Waals surface area contributed by atoms with E-state index in [9.17, 15) is 14.3 Å². The maximum Gasteiger partial charge on any atom is 0.238 e. The van der Waals surface area contributed by atoms with E-state index in [0.717, 1.165) is 12.8 Å². The molecule has 2 N–H and O–H groups in total. The highest BCUT2D eigenvalue weighted by molar-refractivity contribution is 5.92. The van der Waals surface area contributed by atoms with E-state index in [1.807, 2.05) is 11.8 Å². The molecule has 0 aromatic heterocycles. The van der Waals surface area contributed by atoms with Crippen molar-refractivity contribution in [2.45, 2.75) is 25.4 Å². The van der Waals surface area contributed by atoms with Crippen molar-refractivity contribution < 1.29 is 14.3 Å². The summed E-state index contributed by atoms with van der Waals surface area (Å²) in [7, 11) is 0. The van der Waals surface area contributed by atoms with Crippen molar-refractivity contribution in [1.29, 1.82) is 0 Å². The first-order valence-corrected chi connectivity index (χ1v) is 6.51. The normalized spacial score (nSPS) is 17.8. The number of anilines is 1. The summed E-state index contributed by atoms with van der Waals surface area (Å²) in [4.78, 5) is 13.6. The van der Waals surface area contributed by atoms with Gasteiger partial charge in [0.25, 0.3) is 0 Å². The average Bonchev–Trinajstić information content (AvgIpc) is 2.30. The largest absolute Gasteiger partial charge is 0.387 e. The molecule has 5 heteroatoms. The van der Waals surface area contributed by atoms with Gasteiger partial charge in [0, 0.05) is 13.1 Å². The summed E-state index contributed by atoms with van der Waals surface area (Å²) in [6.07, 6.45) is 1.67. The highest BCUT2D eigenvalue weighted by Crippen LogP contribution is 2.25. The van der Waals surface area contributed by atoms with Gasteiger partial charge in [-0.05, 0) is 18.6 Å². The molecule has 1 fully saturated rings. The summed E-state index contributed by atoms with van der Waals surface area (Å²) in [6.45, 7) is 3.21. The van der Waals surface area contributed by atoms with Gasteiger partial charge in [0.1, 0.15) is 5.82 Å². The van der Waals surface area contributed by atoms with Crippen LogP contribution in [0.5, 0.6) is 0 Å². The van der Waals surface area contributed by atoms with Crippen LogP contribution in [0.3, 0.4) is 0 Å². The van der Waals surface area contributed by atoms with Gasteiger partial charge < -0.3 is 10.4 Å². The second-order valence-electron chi connectivity index (χ2n) is 5.15. The van der Waals surface area contributed by atoms with Crippen molar-refractivity contribution >= 4 is 11.6 Å². The summed E-state index contributed by atoms with van der Waals surface area (Å²) in [5.41, 5.74) is -0.454. The Morgan fingerprint density at radius 2 is 2.16 bits per heavy atom. The van der Waals surface area contributed by atoms with Crippen LogP contribution in [-0.2, 0) is 4.79 Å². The number of nitrogens with one attached hydrogen (secondary N) is 1. The molecule has 1 aliphatic heterocycles. The van der Waals surface area contributed by atoms with E-state index in [4.69, 9.17) is 0 Å². The van der Waals surface area contributed by atoms with Gasteiger partial charge in [0.15, 0.2) is 0 Å². The third kappa shape index (κ3) is 3.52. The van der Waals surface area contributed by atoms with E-state index in [0.29, 0.717) is 13.1 Å². The number of hydrogen-bond acceptors (Lipinski definition) is 3. The van der Waals surface area contributed by atoms with Gasteiger partial charge in [-0.3, -0.25) is 9.69 Å². The van der Waals surface area contributed by atoms with Crippen LogP contribution in [0.25, 0.3) is 0 Å². The Morgan fingerprint density at radius 3 is 2.79 bits per heavy atom. The smallest absolute Gasteiger partial charge is 0.238 e. The van der Waals surface area contributed by atoms with Crippen LogP contribution in [0, 0.1) is 5.82 Å². The Morgan fingerprint density at radius 1 is 1.47 bits per heavy atom. The molecule has 0 radical (unpaired) electrons. The maximum absolute atomic E-state index is 13.3. The number of halogens is 1. The van der Waals surface area contributed by atoms with Crippen molar-refractivity contribution in [3.8, 4) is 0 Å². The van der Waals surface area contributed by atoms with Crippen LogP contribution in [0.4, 0.5) is 10.1 Å². The Kier molecular flexibility index (Phi) is 4.17. The number of para-hydroxylation sites is 1. The number of aliphatic hydroxyl groups is 1. The van der Waals surface area contributed by atoms with E-state index in [1.165, 1.54) is 12.1 Å². The minimum atomic E-state index is -0.646. The lowest BCUT2D eigenvalue weighted by molar-refractivity contribution is -0.129. The molecule has 2 rings (SSSR count). The zero-order valence-corrected chi connectivity index (χ0v) is 11.0. The molecule has 104 valence electrons. The highest BCUT2D eigenvalue weighted by Gasteiger charge is 2.40. The Balaban J connectivity index is 1.79. The molecule has 1 aromatic rings. The average molecular weight is 266 g/mol. The fourth-order valence-corrected chi connectivity index (χ4v) is 2.48. The maximum atomic E-state index is 13.3. The minimum absolute atomic E-state index is 0.181. The van der Waals surface area contributed by atoms with Gasteiger partial charge in [-0.1, -0.05) is 25.5 Å². The van der Waals surface area contributed by atoms with Gasteiger partial charge in [0.2, 0.25) is 5.91 Å². The summed E-state index contributed by atoms with van der Waals surface area (Å²) >= 11 is 0. The first-order chi connectivity index (χ1) is 9.02. The highest BCUT2D eigenvalue weighted by atomic mass is 19.1. The zero-order chi connectivity index (χ0) is 13.9. The predicted octanol–water partition coefficient (Wildman–Crippen LogP) is 1.61. The van der Waals surface area contributed by atoms with Crippen molar-refractivity contribution in [1.82, 2.24) is 4.90 Å². The summed E-state index contributed by atoms with van der Waals surface area (Å²) in [5.74, 6) is -0.703. The molecule has 1 aliphatic rings. The van der Waals surface area contributed by atoms with Crippen LogP contribution in [-0.4, -0.2) is 41.1 Å². The third-order valence-corrected chi connectivity index (χ3v) is 3.27. The lowest BCUT2D eigenvalue weighted by atomic mass is 9.89.